The zero-order valence-corrected chi connectivity index (χ0v) is 14.8. The fraction of sp³-hybridized carbons (Fsp3) is 0.150. The van der Waals surface area contributed by atoms with E-state index in [0.29, 0.717) is 17.2 Å². The topological polar surface area (TPSA) is 38.3 Å². The van der Waals surface area contributed by atoms with Crippen LogP contribution in [0.25, 0.3) is 0 Å². The van der Waals surface area contributed by atoms with Crippen molar-refractivity contribution in [3.63, 3.8) is 0 Å². The predicted molar refractivity (Wildman–Crippen MR) is 98.9 cm³/mol. The molecule has 0 fully saturated rings. The van der Waals surface area contributed by atoms with Crippen molar-refractivity contribution < 1.29 is 13.9 Å². The van der Waals surface area contributed by atoms with Crippen molar-refractivity contribution in [1.82, 2.24) is 0 Å². The summed E-state index contributed by atoms with van der Waals surface area (Å²) in [7, 11) is 0. The van der Waals surface area contributed by atoms with E-state index in [1.807, 2.05) is 31.4 Å². The van der Waals surface area contributed by atoms with E-state index < -0.39 is 0 Å². The lowest BCUT2D eigenvalue weighted by Gasteiger charge is -2.08. The Hall–Kier alpha value is -2.66. The lowest BCUT2D eigenvalue weighted by molar-refractivity contribution is 0.103. The van der Waals surface area contributed by atoms with Crippen LogP contribution in [0.1, 0.15) is 26.4 Å². The normalized spacial score (nSPS) is 10.5. The molecule has 0 atom stereocenters. The molecule has 3 aromatic rings. The van der Waals surface area contributed by atoms with Crippen LogP contribution in [0.4, 0.5) is 10.1 Å². The molecule has 0 aliphatic rings. The van der Waals surface area contributed by atoms with Crippen molar-refractivity contribution in [3.8, 4) is 5.75 Å². The van der Waals surface area contributed by atoms with Gasteiger partial charge in [0.25, 0.3) is 5.91 Å². The van der Waals surface area contributed by atoms with Gasteiger partial charge in [-0.3, -0.25) is 4.79 Å². The summed E-state index contributed by atoms with van der Waals surface area (Å²) in [6, 6.07) is 13.7. The summed E-state index contributed by atoms with van der Waals surface area (Å²) in [5, 5.41) is 4.59. The van der Waals surface area contributed by atoms with Crippen molar-refractivity contribution >= 4 is 22.9 Å². The number of aryl methyl sites for hydroxylation is 2. The summed E-state index contributed by atoms with van der Waals surface area (Å²) in [5.41, 5.74) is 3.64. The Bertz CT molecular complexity index is 904. The van der Waals surface area contributed by atoms with E-state index in [2.05, 4.69) is 11.4 Å². The number of carbonyl (C=O) groups is 1. The number of anilines is 1. The molecule has 1 aromatic heterocycles. The maximum atomic E-state index is 13.2. The second-order valence-corrected chi connectivity index (χ2v) is 6.75. The van der Waals surface area contributed by atoms with Gasteiger partial charge in [-0.1, -0.05) is 23.8 Å². The van der Waals surface area contributed by atoms with Crippen LogP contribution < -0.4 is 10.1 Å². The molecule has 0 aliphatic carbocycles. The number of thiophene rings is 1. The van der Waals surface area contributed by atoms with Gasteiger partial charge in [-0.25, -0.2) is 4.39 Å². The minimum absolute atomic E-state index is 0.256. The standard InChI is InChI=1S/C20H18FNO2S/c1-13-6-7-18(14(2)8-13)24-11-15-9-19(25-12-15)20(23)22-17-5-3-4-16(21)10-17/h3-10,12H,11H2,1-2H3,(H,22,23). The molecule has 128 valence electrons. The highest BCUT2D eigenvalue weighted by molar-refractivity contribution is 7.12. The summed E-state index contributed by atoms with van der Waals surface area (Å²) >= 11 is 1.34. The van der Waals surface area contributed by atoms with Crippen LogP contribution in [-0.2, 0) is 6.61 Å². The van der Waals surface area contributed by atoms with Gasteiger partial charge in [0.1, 0.15) is 18.2 Å². The molecule has 0 saturated heterocycles. The highest BCUT2D eigenvalue weighted by atomic mass is 32.1. The number of hydrogen-bond acceptors (Lipinski definition) is 3. The Morgan fingerprint density at radius 3 is 2.76 bits per heavy atom. The maximum Gasteiger partial charge on any atom is 0.265 e. The van der Waals surface area contributed by atoms with Gasteiger partial charge in [-0.05, 0) is 55.1 Å². The fourth-order valence-corrected chi connectivity index (χ4v) is 3.24. The molecule has 0 spiro atoms. The number of carbonyl (C=O) groups excluding carboxylic acids is 1. The summed E-state index contributed by atoms with van der Waals surface area (Å²) in [6.07, 6.45) is 0. The first kappa shape index (κ1) is 17.2. The van der Waals surface area contributed by atoms with Gasteiger partial charge in [-0.2, -0.15) is 0 Å². The van der Waals surface area contributed by atoms with Crippen molar-refractivity contribution in [2.45, 2.75) is 20.5 Å². The molecule has 0 radical (unpaired) electrons. The molecule has 3 nitrogen and oxygen atoms in total. The van der Waals surface area contributed by atoms with Crippen molar-refractivity contribution in [3.05, 3.63) is 81.3 Å². The summed E-state index contributed by atoms with van der Waals surface area (Å²) in [5.74, 6) is 0.197. The zero-order chi connectivity index (χ0) is 17.8. The van der Waals surface area contributed by atoms with E-state index in [4.69, 9.17) is 4.74 Å². The number of halogens is 1. The Balaban J connectivity index is 1.62. The van der Waals surface area contributed by atoms with E-state index in [9.17, 15) is 9.18 Å². The summed E-state index contributed by atoms with van der Waals surface area (Å²) in [6.45, 7) is 4.45. The van der Waals surface area contributed by atoms with Crippen molar-refractivity contribution in [1.29, 1.82) is 0 Å². The molecule has 0 saturated carbocycles. The minimum Gasteiger partial charge on any atom is -0.489 e. The van der Waals surface area contributed by atoms with Gasteiger partial charge in [-0.15, -0.1) is 11.3 Å². The highest BCUT2D eigenvalue weighted by Gasteiger charge is 2.11. The Morgan fingerprint density at radius 1 is 1.16 bits per heavy atom. The first-order chi connectivity index (χ1) is 12.0. The molecule has 1 amide bonds. The third kappa shape index (κ3) is 4.45. The van der Waals surface area contributed by atoms with Crippen LogP contribution in [-0.4, -0.2) is 5.91 Å². The molecule has 1 N–H and O–H groups in total. The number of hydrogen-bond donors (Lipinski definition) is 1. The predicted octanol–water partition coefficient (Wildman–Crippen LogP) is 5.34. The third-order valence-electron chi connectivity index (χ3n) is 3.68. The van der Waals surface area contributed by atoms with E-state index in [1.54, 1.807) is 18.2 Å². The molecule has 2 aromatic carbocycles. The first-order valence-corrected chi connectivity index (χ1v) is 8.73. The molecular weight excluding hydrogens is 337 g/mol. The van der Waals surface area contributed by atoms with Crippen LogP contribution in [0.3, 0.4) is 0 Å². The van der Waals surface area contributed by atoms with Crippen molar-refractivity contribution in [2.75, 3.05) is 5.32 Å². The highest BCUT2D eigenvalue weighted by Crippen LogP contribution is 2.22. The van der Waals surface area contributed by atoms with Crippen molar-refractivity contribution in [2.24, 2.45) is 0 Å². The zero-order valence-electron chi connectivity index (χ0n) is 14.0. The number of benzene rings is 2. The molecule has 0 aliphatic heterocycles. The average molecular weight is 355 g/mol. The monoisotopic (exact) mass is 355 g/mol. The van der Waals surface area contributed by atoms with Gasteiger partial charge < -0.3 is 10.1 Å². The molecule has 5 heteroatoms. The van der Waals surface area contributed by atoms with E-state index >= 15 is 0 Å². The van der Waals surface area contributed by atoms with Crippen LogP contribution >= 0.6 is 11.3 Å². The van der Waals surface area contributed by atoms with Crippen LogP contribution in [0.15, 0.2) is 53.9 Å². The smallest absolute Gasteiger partial charge is 0.265 e. The Morgan fingerprint density at radius 2 is 2.00 bits per heavy atom. The lowest BCUT2D eigenvalue weighted by Crippen LogP contribution is -2.10. The maximum absolute atomic E-state index is 13.2. The van der Waals surface area contributed by atoms with E-state index in [-0.39, 0.29) is 11.7 Å². The molecule has 3 rings (SSSR count). The van der Waals surface area contributed by atoms with Gasteiger partial charge in [0.05, 0.1) is 4.88 Å². The van der Waals surface area contributed by atoms with E-state index in [1.165, 1.54) is 29.0 Å². The van der Waals surface area contributed by atoms with Crippen LogP contribution in [0.5, 0.6) is 5.75 Å². The number of ether oxygens (including phenoxy) is 1. The first-order valence-electron chi connectivity index (χ1n) is 7.85. The fourth-order valence-electron chi connectivity index (χ4n) is 2.45. The largest absolute Gasteiger partial charge is 0.489 e. The SMILES string of the molecule is Cc1ccc(OCc2csc(C(=O)Nc3cccc(F)c3)c2)c(C)c1. The molecule has 1 heterocycles. The van der Waals surface area contributed by atoms with E-state index in [0.717, 1.165) is 16.9 Å². The van der Waals surface area contributed by atoms with Gasteiger partial charge in [0.15, 0.2) is 0 Å². The molecular formula is C20H18FNO2S. The number of nitrogens with one attached hydrogen (secondary N) is 1. The summed E-state index contributed by atoms with van der Waals surface area (Å²) < 4.78 is 19.0. The second kappa shape index (κ2) is 7.49. The summed E-state index contributed by atoms with van der Waals surface area (Å²) in [4.78, 5) is 12.8. The Kier molecular flexibility index (Phi) is 5.14. The number of rotatable bonds is 5. The van der Waals surface area contributed by atoms with Gasteiger partial charge in [0.2, 0.25) is 0 Å². The van der Waals surface area contributed by atoms with Gasteiger partial charge in [0, 0.05) is 11.3 Å². The third-order valence-corrected chi connectivity index (χ3v) is 4.66. The van der Waals surface area contributed by atoms with Gasteiger partial charge >= 0.3 is 0 Å². The second-order valence-electron chi connectivity index (χ2n) is 5.84. The molecule has 25 heavy (non-hydrogen) atoms. The van der Waals surface area contributed by atoms with Crippen LogP contribution in [0.2, 0.25) is 0 Å². The Labute approximate surface area is 150 Å². The minimum atomic E-state index is -0.383. The number of amides is 1. The quantitative estimate of drug-likeness (QED) is 0.671. The average Bonchev–Trinajstić information content (AvgIpc) is 3.03. The molecule has 0 unspecified atom stereocenters. The molecule has 0 bridgehead atoms. The van der Waals surface area contributed by atoms with Crippen LogP contribution in [0, 0.1) is 19.7 Å². The lowest BCUT2D eigenvalue weighted by atomic mass is 10.1.